The first-order chi connectivity index (χ1) is 14.9. The molecule has 1 saturated heterocycles. The Morgan fingerprint density at radius 2 is 1.61 bits per heavy atom. The molecule has 0 aliphatic carbocycles. The van der Waals surface area contributed by atoms with Crippen LogP contribution in [0.4, 0.5) is 16.2 Å². The fourth-order valence-corrected chi connectivity index (χ4v) is 3.97. The fourth-order valence-electron chi connectivity index (χ4n) is 3.97. The molecule has 2 aromatic carbocycles. The predicted molar refractivity (Wildman–Crippen MR) is 128 cm³/mol. The lowest BCUT2D eigenvalue weighted by Gasteiger charge is -2.37. The van der Waals surface area contributed by atoms with Crippen LogP contribution in [0.5, 0.6) is 0 Å². The third-order valence-corrected chi connectivity index (χ3v) is 5.52. The summed E-state index contributed by atoms with van der Waals surface area (Å²) in [5.41, 5.74) is 3.14. The van der Waals surface area contributed by atoms with Gasteiger partial charge in [-0.25, -0.2) is 4.79 Å². The minimum Gasteiger partial charge on any atom is -0.372 e. The lowest BCUT2D eigenvalue weighted by atomic mass is 10.1. The number of carbonyl (C=O) groups is 1. The number of hydrogen-bond donors (Lipinski definition) is 1. The van der Waals surface area contributed by atoms with Crippen molar-refractivity contribution in [2.75, 3.05) is 57.0 Å². The zero-order chi connectivity index (χ0) is 22.2. The van der Waals surface area contributed by atoms with Gasteiger partial charge in [0.1, 0.15) is 0 Å². The number of morpholine rings is 1. The van der Waals surface area contributed by atoms with Gasteiger partial charge >= 0.3 is 6.03 Å². The third-order valence-electron chi connectivity index (χ3n) is 5.52. The number of amides is 2. The highest BCUT2D eigenvalue weighted by Crippen LogP contribution is 2.28. The molecule has 0 radical (unpaired) electrons. The smallest absolute Gasteiger partial charge is 0.321 e. The van der Waals surface area contributed by atoms with Gasteiger partial charge in [0.2, 0.25) is 0 Å². The van der Waals surface area contributed by atoms with E-state index in [4.69, 9.17) is 4.74 Å². The number of carbonyl (C=O) groups excluding carboxylic acids is 1. The molecule has 1 N–H and O–H groups in total. The van der Waals surface area contributed by atoms with Gasteiger partial charge in [-0.05, 0) is 52.1 Å². The van der Waals surface area contributed by atoms with Crippen molar-refractivity contribution in [3.63, 3.8) is 0 Å². The molecule has 1 heterocycles. The summed E-state index contributed by atoms with van der Waals surface area (Å²) in [6, 6.07) is 18.3. The zero-order valence-corrected chi connectivity index (χ0v) is 19.3. The molecule has 0 bridgehead atoms. The molecule has 1 fully saturated rings. The second kappa shape index (κ2) is 11.2. The number of hydrogen-bond acceptors (Lipinski definition) is 4. The van der Waals surface area contributed by atoms with E-state index in [0.29, 0.717) is 13.1 Å². The molecule has 6 nitrogen and oxygen atoms in total. The van der Waals surface area contributed by atoms with Crippen LogP contribution in [0, 0.1) is 0 Å². The van der Waals surface area contributed by atoms with Gasteiger partial charge in [0, 0.05) is 32.7 Å². The van der Waals surface area contributed by atoms with E-state index in [2.05, 4.69) is 47.2 Å². The Hall–Kier alpha value is -2.57. The highest BCUT2D eigenvalue weighted by molar-refractivity contribution is 5.93. The number of nitrogens with one attached hydrogen (secondary N) is 1. The van der Waals surface area contributed by atoms with Crippen LogP contribution >= 0.6 is 0 Å². The van der Waals surface area contributed by atoms with Gasteiger partial charge < -0.3 is 24.8 Å². The quantitative estimate of drug-likeness (QED) is 0.697. The first-order valence-electron chi connectivity index (χ1n) is 11.2. The number of likely N-dealkylation sites (N-methyl/N-ethyl adjacent to an activating group) is 1. The molecule has 0 unspecified atom stereocenters. The maximum absolute atomic E-state index is 13.3. The number of ether oxygens (including phenoxy) is 1. The highest BCUT2D eigenvalue weighted by Gasteiger charge is 2.25. The average Bonchev–Trinajstić information content (AvgIpc) is 2.74. The molecular formula is C25H36N4O2. The van der Waals surface area contributed by atoms with E-state index in [1.54, 1.807) is 0 Å². The Labute approximate surface area is 186 Å². The molecular weight excluding hydrogens is 388 g/mol. The Morgan fingerprint density at radius 3 is 2.29 bits per heavy atom. The van der Waals surface area contributed by atoms with Crippen LogP contribution in [0.25, 0.3) is 0 Å². The Balaban J connectivity index is 1.71. The summed E-state index contributed by atoms with van der Waals surface area (Å²) in [6.07, 6.45) is 1.16. The summed E-state index contributed by atoms with van der Waals surface area (Å²) in [7, 11) is 4.06. The molecule has 1 aliphatic rings. The summed E-state index contributed by atoms with van der Waals surface area (Å²) in [6.45, 7) is 8.00. The zero-order valence-electron chi connectivity index (χ0n) is 19.3. The van der Waals surface area contributed by atoms with Gasteiger partial charge in [-0.1, -0.05) is 42.5 Å². The van der Waals surface area contributed by atoms with Crippen molar-refractivity contribution < 1.29 is 9.53 Å². The van der Waals surface area contributed by atoms with E-state index in [1.807, 2.05) is 55.4 Å². The van der Waals surface area contributed by atoms with Crippen molar-refractivity contribution in [1.29, 1.82) is 0 Å². The first-order valence-corrected chi connectivity index (χ1v) is 11.2. The van der Waals surface area contributed by atoms with Crippen LogP contribution in [0.1, 0.15) is 19.4 Å². The maximum atomic E-state index is 13.3. The molecule has 2 atom stereocenters. The van der Waals surface area contributed by atoms with Crippen molar-refractivity contribution >= 4 is 17.4 Å². The predicted octanol–water partition coefficient (Wildman–Crippen LogP) is 3.94. The normalized spacial score (nSPS) is 18.8. The second-order valence-electron chi connectivity index (χ2n) is 8.64. The largest absolute Gasteiger partial charge is 0.372 e. The molecule has 3 rings (SSSR count). The van der Waals surface area contributed by atoms with Gasteiger partial charge in [-0.3, -0.25) is 0 Å². The molecule has 0 spiro atoms. The Kier molecular flexibility index (Phi) is 8.32. The standard InChI is InChI=1S/C25H36N4O2/c1-20-18-29(19-21(2)31-20)24-13-9-8-12-23(24)26-25(30)28(17-16-27(3)4)15-14-22-10-6-5-7-11-22/h5-13,20-21H,14-19H2,1-4H3,(H,26,30)/t20-,21-/m0/s1. The highest BCUT2D eigenvalue weighted by atomic mass is 16.5. The lowest BCUT2D eigenvalue weighted by Crippen LogP contribution is -2.46. The summed E-state index contributed by atoms with van der Waals surface area (Å²) in [4.78, 5) is 19.6. The minimum absolute atomic E-state index is 0.0559. The van der Waals surface area contributed by atoms with Crippen LogP contribution in [0.3, 0.4) is 0 Å². The monoisotopic (exact) mass is 424 g/mol. The SMILES string of the molecule is C[C@H]1CN(c2ccccc2NC(=O)N(CCc2ccccc2)CCN(C)C)C[C@H](C)O1. The summed E-state index contributed by atoms with van der Waals surface area (Å²) in [5, 5.41) is 3.18. The second-order valence-corrected chi connectivity index (χ2v) is 8.64. The summed E-state index contributed by atoms with van der Waals surface area (Å²) < 4.78 is 5.88. The molecule has 168 valence electrons. The van der Waals surface area contributed by atoms with Crippen LogP contribution < -0.4 is 10.2 Å². The van der Waals surface area contributed by atoms with E-state index in [9.17, 15) is 4.79 Å². The van der Waals surface area contributed by atoms with Gasteiger partial charge in [0.15, 0.2) is 0 Å². The van der Waals surface area contributed by atoms with Gasteiger partial charge in [0.05, 0.1) is 23.6 Å². The van der Waals surface area contributed by atoms with E-state index in [1.165, 1.54) is 5.56 Å². The molecule has 1 aliphatic heterocycles. The summed E-state index contributed by atoms with van der Waals surface area (Å²) >= 11 is 0. The topological polar surface area (TPSA) is 48.1 Å². The molecule has 2 aromatic rings. The third kappa shape index (κ3) is 6.97. The number of benzene rings is 2. The number of para-hydroxylation sites is 2. The van der Waals surface area contributed by atoms with E-state index < -0.39 is 0 Å². The van der Waals surface area contributed by atoms with Crippen LogP contribution in [0.2, 0.25) is 0 Å². The van der Waals surface area contributed by atoms with Crippen molar-refractivity contribution in [2.24, 2.45) is 0 Å². The van der Waals surface area contributed by atoms with Gasteiger partial charge in [-0.15, -0.1) is 0 Å². The number of urea groups is 1. The molecule has 31 heavy (non-hydrogen) atoms. The van der Waals surface area contributed by atoms with Gasteiger partial charge in [0.25, 0.3) is 0 Å². The van der Waals surface area contributed by atoms with E-state index in [-0.39, 0.29) is 18.2 Å². The maximum Gasteiger partial charge on any atom is 0.321 e. The lowest BCUT2D eigenvalue weighted by molar-refractivity contribution is -0.00517. The summed E-state index contributed by atoms with van der Waals surface area (Å²) in [5.74, 6) is 0. The van der Waals surface area contributed by atoms with Crippen molar-refractivity contribution in [3.05, 3.63) is 60.2 Å². The van der Waals surface area contributed by atoms with Gasteiger partial charge in [-0.2, -0.15) is 0 Å². The van der Waals surface area contributed by atoms with Crippen molar-refractivity contribution in [3.8, 4) is 0 Å². The Bertz CT molecular complexity index is 817. The molecule has 2 amide bonds. The number of rotatable bonds is 8. The van der Waals surface area contributed by atoms with E-state index >= 15 is 0 Å². The number of anilines is 2. The van der Waals surface area contributed by atoms with Crippen molar-refractivity contribution in [2.45, 2.75) is 32.5 Å². The molecule has 0 aromatic heterocycles. The van der Waals surface area contributed by atoms with Crippen LogP contribution in [-0.4, -0.2) is 74.9 Å². The Morgan fingerprint density at radius 1 is 0.968 bits per heavy atom. The average molecular weight is 425 g/mol. The van der Waals surface area contributed by atoms with E-state index in [0.717, 1.165) is 37.4 Å². The first kappa shape index (κ1) is 23.1. The van der Waals surface area contributed by atoms with Crippen LogP contribution in [-0.2, 0) is 11.2 Å². The minimum atomic E-state index is -0.0559. The fraction of sp³-hybridized carbons (Fsp3) is 0.480. The molecule has 0 saturated carbocycles. The van der Waals surface area contributed by atoms with Crippen molar-refractivity contribution in [1.82, 2.24) is 9.80 Å². The number of nitrogens with zero attached hydrogens (tertiary/aromatic N) is 3. The molecule has 6 heteroatoms. The van der Waals surface area contributed by atoms with Crippen LogP contribution in [0.15, 0.2) is 54.6 Å².